The highest BCUT2D eigenvalue weighted by atomic mass is 16.5. The average molecular weight is 314 g/mol. The predicted octanol–water partition coefficient (Wildman–Crippen LogP) is 2.84. The fourth-order valence-corrected chi connectivity index (χ4v) is 5.31. The van der Waals surface area contributed by atoms with Gasteiger partial charge in [0.05, 0.1) is 5.41 Å². The van der Waals surface area contributed by atoms with Crippen LogP contribution in [0.1, 0.15) is 43.8 Å². The minimum atomic E-state index is -0.294. The first-order chi connectivity index (χ1) is 11.0. The molecule has 0 aromatic carbocycles. The number of nitrogens with zero attached hydrogens (tertiary/aromatic N) is 2. The minimum Gasteiger partial charge on any atom is -0.458 e. The lowest BCUT2D eigenvalue weighted by atomic mass is 9.48. The van der Waals surface area contributed by atoms with Crippen LogP contribution in [0.2, 0.25) is 0 Å². The maximum absolute atomic E-state index is 13.0. The summed E-state index contributed by atoms with van der Waals surface area (Å²) in [7, 11) is 0. The van der Waals surface area contributed by atoms with Crippen molar-refractivity contribution in [3.63, 3.8) is 0 Å². The van der Waals surface area contributed by atoms with Crippen molar-refractivity contribution in [3.05, 3.63) is 30.9 Å². The second kappa shape index (κ2) is 5.05. The molecule has 4 fully saturated rings. The van der Waals surface area contributed by atoms with Gasteiger partial charge in [0.25, 0.3) is 0 Å². The molecule has 5 rings (SSSR count). The zero-order chi connectivity index (χ0) is 16.2. The number of carbonyl (C=O) groups excluding carboxylic acids is 2. The molecular formula is C18H22N2O3. The highest BCUT2D eigenvalue weighted by Crippen LogP contribution is 2.61. The van der Waals surface area contributed by atoms with Gasteiger partial charge in [0, 0.05) is 18.0 Å². The Morgan fingerprint density at radius 1 is 1.26 bits per heavy atom. The summed E-state index contributed by atoms with van der Waals surface area (Å²) in [5, 5.41) is 0. The summed E-state index contributed by atoms with van der Waals surface area (Å²) in [4.78, 5) is 28.9. The Balaban J connectivity index is 1.58. The van der Waals surface area contributed by atoms with Crippen molar-refractivity contribution in [2.24, 2.45) is 23.2 Å². The molecule has 4 aliphatic carbocycles. The molecule has 122 valence electrons. The van der Waals surface area contributed by atoms with Gasteiger partial charge in [0.1, 0.15) is 12.4 Å². The first-order valence-electron chi connectivity index (χ1n) is 8.38. The van der Waals surface area contributed by atoms with Crippen LogP contribution in [-0.2, 0) is 9.53 Å². The van der Waals surface area contributed by atoms with Gasteiger partial charge < -0.3 is 4.74 Å². The van der Waals surface area contributed by atoms with E-state index in [2.05, 4.69) is 11.6 Å². The Labute approximate surface area is 135 Å². The number of aromatic nitrogens is 2. The van der Waals surface area contributed by atoms with Gasteiger partial charge in [-0.15, -0.1) is 0 Å². The van der Waals surface area contributed by atoms with Gasteiger partial charge in [-0.3, -0.25) is 9.36 Å². The Morgan fingerprint density at radius 3 is 2.52 bits per heavy atom. The first-order valence-corrected chi connectivity index (χ1v) is 8.38. The minimum absolute atomic E-state index is 0.0422. The topological polar surface area (TPSA) is 61.2 Å². The van der Waals surface area contributed by atoms with Crippen molar-refractivity contribution in [2.45, 2.75) is 45.1 Å². The summed E-state index contributed by atoms with van der Waals surface area (Å²) in [6, 6.07) is 0. The van der Waals surface area contributed by atoms with Gasteiger partial charge in [-0.05, 0) is 56.8 Å². The molecule has 1 aromatic heterocycles. The lowest BCUT2D eigenvalue weighted by molar-refractivity contribution is -0.172. The number of carbonyl (C=O) groups is 2. The van der Waals surface area contributed by atoms with Crippen molar-refractivity contribution in [2.75, 3.05) is 0 Å². The molecule has 0 spiro atoms. The molecule has 5 heteroatoms. The molecule has 0 saturated heterocycles. The van der Waals surface area contributed by atoms with E-state index in [1.54, 1.807) is 30.2 Å². The normalized spacial score (nSPS) is 37.6. The SMILES string of the molecule is C=C(C)C(=O)OC1C2CC3CC1CC(C(=O)n1ccnc1)(C3)C2. The molecule has 4 bridgehead atoms. The Hall–Kier alpha value is -1.91. The molecule has 0 amide bonds. The molecule has 4 saturated carbocycles. The summed E-state index contributed by atoms with van der Waals surface area (Å²) >= 11 is 0. The van der Waals surface area contributed by atoms with Crippen LogP contribution in [0.5, 0.6) is 0 Å². The van der Waals surface area contributed by atoms with Gasteiger partial charge in [-0.25, -0.2) is 9.78 Å². The van der Waals surface area contributed by atoms with E-state index in [1.165, 1.54) is 0 Å². The molecular weight excluding hydrogens is 292 g/mol. The Bertz CT molecular complexity index is 648. The van der Waals surface area contributed by atoms with Crippen LogP contribution < -0.4 is 0 Å². The molecule has 4 aliphatic rings. The fraction of sp³-hybridized carbons (Fsp3) is 0.611. The van der Waals surface area contributed by atoms with Crippen LogP contribution in [0, 0.1) is 23.2 Å². The largest absolute Gasteiger partial charge is 0.458 e. The molecule has 0 N–H and O–H groups in total. The standard InChI is InChI=1S/C18H22N2O3/c1-11(2)16(21)23-15-13-5-12-6-14(15)9-18(7-12,8-13)17(22)20-4-3-19-10-20/h3-4,10,12-15H,1,5-9H2,2H3. The van der Waals surface area contributed by atoms with Crippen molar-refractivity contribution in [3.8, 4) is 0 Å². The maximum atomic E-state index is 13.0. The van der Waals surface area contributed by atoms with E-state index in [0.29, 0.717) is 23.3 Å². The molecule has 23 heavy (non-hydrogen) atoms. The summed E-state index contributed by atoms with van der Waals surface area (Å²) < 4.78 is 7.36. The quantitative estimate of drug-likeness (QED) is 0.636. The van der Waals surface area contributed by atoms with Crippen LogP contribution in [0.4, 0.5) is 0 Å². The van der Waals surface area contributed by atoms with Gasteiger partial charge >= 0.3 is 5.97 Å². The van der Waals surface area contributed by atoms with Crippen molar-refractivity contribution < 1.29 is 14.3 Å². The van der Waals surface area contributed by atoms with Crippen LogP contribution in [0.25, 0.3) is 0 Å². The van der Waals surface area contributed by atoms with Crippen LogP contribution in [0.15, 0.2) is 30.9 Å². The van der Waals surface area contributed by atoms with E-state index in [1.807, 2.05) is 0 Å². The number of esters is 1. The van der Waals surface area contributed by atoms with Crippen LogP contribution in [0.3, 0.4) is 0 Å². The zero-order valence-corrected chi connectivity index (χ0v) is 13.4. The van der Waals surface area contributed by atoms with E-state index >= 15 is 0 Å². The number of rotatable bonds is 3. The third kappa shape index (κ3) is 2.25. The number of hydrogen-bond donors (Lipinski definition) is 0. The fourth-order valence-electron chi connectivity index (χ4n) is 5.31. The third-order valence-electron chi connectivity index (χ3n) is 5.97. The lowest BCUT2D eigenvalue weighted by Crippen LogP contribution is -2.58. The molecule has 2 unspecified atom stereocenters. The van der Waals surface area contributed by atoms with Gasteiger partial charge in [0.2, 0.25) is 5.91 Å². The molecule has 0 aliphatic heterocycles. The predicted molar refractivity (Wildman–Crippen MR) is 83.5 cm³/mol. The van der Waals surface area contributed by atoms with Crippen LogP contribution >= 0.6 is 0 Å². The van der Waals surface area contributed by atoms with E-state index in [9.17, 15) is 9.59 Å². The van der Waals surface area contributed by atoms with E-state index in [-0.39, 0.29) is 23.4 Å². The van der Waals surface area contributed by atoms with Gasteiger partial charge in [-0.2, -0.15) is 0 Å². The highest BCUT2D eigenvalue weighted by molar-refractivity contribution is 5.87. The second-order valence-electron chi connectivity index (χ2n) is 7.68. The lowest BCUT2D eigenvalue weighted by Gasteiger charge is -2.58. The molecule has 1 aromatic rings. The monoisotopic (exact) mass is 314 g/mol. The van der Waals surface area contributed by atoms with Crippen molar-refractivity contribution in [1.29, 1.82) is 0 Å². The highest BCUT2D eigenvalue weighted by Gasteiger charge is 2.59. The maximum Gasteiger partial charge on any atom is 0.333 e. The average Bonchev–Trinajstić information content (AvgIpc) is 3.03. The van der Waals surface area contributed by atoms with E-state index in [4.69, 9.17) is 4.74 Å². The molecule has 0 radical (unpaired) electrons. The smallest absolute Gasteiger partial charge is 0.333 e. The summed E-state index contributed by atoms with van der Waals surface area (Å²) in [6.07, 6.45) is 9.70. The van der Waals surface area contributed by atoms with Crippen LogP contribution in [-0.4, -0.2) is 27.5 Å². The summed E-state index contributed by atoms with van der Waals surface area (Å²) in [5.74, 6) is 1.06. The van der Waals surface area contributed by atoms with E-state index < -0.39 is 0 Å². The third-order valence-corrected chi connectivity index (χ3v) is 5.97. The van der Waals surface area contributed by atoms with Gasteiger partial charge in [0.15, 0.2) is 0 Å². The molecule has 5 nitrogen and oxygen atoms in total. The van der Waals surface area contributed by atoms with Crippen molar-refractivity contribution in [1.82, 2.24) is 9.55 Å². The van der Waals surface area contributed by atoms with Crippen molar-refractivity contribution >= 4 is 11.9 Å². The summed E-state index contributed by atoms with van der Waals surface area (Å²) in [5.41, 5.74) is 0.159. The number of ether oxygens (including phenoxy) is 1. The van der Waals surface area contributed by atoms with E-state index in [0.717, 1.165) is 32.1 Å². The Kier molecular flexibility index (Phi) is 3.22. The number of imidazole rings is 1. The summed E-state index contributed by atoms with van der Waals surface area (Å²) in [6.45, 7) is 5.36. The molecule has 1 heterocycles. The molecule has 2 atom stereocenters. The Morgan fingerprint density at radius 2 is 1.96 bits per heavy atom. The van der Waals surface area contributed by atoms with Gasteiger partial charge in [-0.1, -0.05) is 6.58 Å². The first kappa shape index (κ1) is 14.7. The number of hydrogen-bond acceptors (Lipinski definition) is 4. The zero-order valence-electron chi connectivity index (χ0n) is 13.4. The second-order valence-corrected chi connectivity index (χ2v) is 7.68.